The summed E-state index contributed by atoms with van der Waals surface area (Å²) in [7, 11) is -9.87. The first-order valence-corrected chi connectivity index (χ1v) is 9.70. The molecule has 140 valence electrons. The maximum atomic E-state index is 11.9. The zero-order chi connectivity index (χ0) is 19.0. The van der Waals surface area contributed by atoms with Crippen molar-refractivity contribution in [3.05, 3.63) is 39.2 Å². The van der Waals surface area contributed by atoms with Crippen molar-refractivity contribution in [2.75, 3.05) is 0 Å². The number of hydrogen-bond donors (Lipinski definition) is 5. The van der Waals surface area contributed by atoms with Crippen molar-refractivity contribution in [2.45, 2.75) is 31.8 Å². The van der Waals surface area contributed by atoms with Crippen LogP contribution in [0.3, 0.4) is 0 Å². The molecule has 0 bridgehead atoms. The van der Waals surface area contributed by atoms with Crippen LogP contribution in [-0.4, -0.2) is 41.3 Å². The van der Waals surface area contributed by atoms with Crippen LogP contribution in [0.2, 0.25) is 0 Å². The Labute approximate surface area is 139 Å². The average Bonchev–Trinajstić information content (AvgIpc) is 2.80. The molecule has 0 spiro atoms. The lowest BCUT2D eigenvalue weighted by Crippen LogP contribution is -2.33. The standard InChI is InChI=1S/C10H14N2O11P2/c1-5-3-12(10(14)11-9(5)13)8-2-6(23-25(18,19)20)7(22-8)4-21-24(15,16)17/h3-4,6-8H,2H2,1H3,(H4-,11,13,14,15,16,17,18,19,20)/p+1/t6-,7+,8+/m0/s1. The number of phosphoric acid groups is 2. The highest BCUT2D eigenvalue weighted by atomic mass is 31.2. The summed E-state index contributed by atoms with van der Waals surface area (Å²) in [5.41, 5.74) is -1.28. The van der Waals surface area contributed by atoms with E-state index in [9.17, 15) is 18.7 Å². The lowest BCUT2D eigenvalue weighted by molar-refractivity contribution is -0.0230. The van der Waals surface area contributed by atoms with Gasteiger partial charge in [-0.15, -0.1) is 0 Å². The molecule has 0 aliphatic carbocycles. The molecule has 13 nitrogen and oxygen atoms in total. The molecule has 3 atom stereocenters. The normalized spacial score (nSPS) is 24.4. The molecule has 0 amide bonds. The quantitative estimate of drug-likeness (QED) is 0.286. The average molecular weight is 401 g/mol. The largest absolute Gasteiger partial charge is 0.509 e. The first kappa shape index (κ1) is 20.0. The first-order chi connectivity index (χ1) is 11.4. The molecular weight excluding hydrogens is 386 g/mol. The predicted molar refractivity (Wildman–Crippen MR) is 78.9 cm³/mol. The molecule has 0 radical (unpaired) electrons. The van der Waals surface area contributed by atoms with E-state index >= 15 is 0 Å². The second-order valence-electron chi connectivity index (χ2n) is 5.14. The molecular formula is C10H15N2O11P2+. The van der Waals surface area contributed by atoms with Gasteiger partial charge in [0.1, 0.15) is 12.3 Å². The Hall–Kier alpha value is -1.27. The van der Waals surface area contributed by atoms with Gasteiger partial charge in [-0.3, -0.25) is 18.9 Å². The van der Waals surface area contributed by atoms with Crippen LogP contribution in [0.4, 0.5) is 0 Å². The summed E-state index contributed by atoms with van der Waals surface area (Å²) in [5.74, 6) is 0. The van der Waals surface area contributed by atoms with Gasteiger partial charge in [-0.2, -0.15) is 0 Å². The Balaban J connectivity index is 2.26. The van der Waals surface area contributed by atoms with Crippen LogP contribution in [0.5, 0.6) is 0 Å². The van der Waals surface area contributed by atoms with Crippen molar-refractivity contribution < 1.29 is 42.5 Å². The van der Waals surface area contributed by atoms with E-state index in [4.69, 9.17) is 24.3 Å². The maximum absolute atomic E-state index is 11.9. The number of phosphoric ester groups is 2. The highest BCUT2D eigenvalue weighted by Gasteiger charge is 2.48. The first-order valence-electron chi connectivity index (χ1n) is 6.64. The highest BCUT2D eigenvalue weighted by Crippen LogP contribution is 2.45. The minimum Gasteiger partial charge on any atom is -0.308 e. The Kier molecular flexibility index (Phi) is 5.74. The van der Waals surface area contributed by atoms with Crippen molar-refractivity contribution in [1.82, 2.24) is 9.55 Å². The van der Waals surface area contributed by atoms with Crippen molar-refractivity contribution in [3.8, 4) is 0 Å². The van der Waals surface area contributed by atoms with Crippen LogP contribution in [-0.2, 0) is 22.9 Å². The summed E-state index contributed by atoms with van der Waals surface area (Å²) in [6.07, 6.45) is -2.98. The van der Waals surface area contributed by atoms with E-state index in [1.807, 2.05) is 4.98 Å². The zero-order valence-corrected chi connectivity index (χ0v) is 14.4. The second kappa shape index (κ2) is 7.16. The third-order valence-electron chi connectivity index (χ3n) is 3.18. The van der Waals surface area contributed by atoms with Crippen LogP contribution >= 0.6 is 15.6 Å². The molecule has 2 rings (SSSR count). The van der Waals surface area contributed by atoms with Crippen molar-refractivity contribution in [1.29, 1.82) is 0 Å². The molecule has 15 heteroatoms. The number of aromatic nitrogens is 2. The molecule has 0 unspecified atom stereocenters. The number of nitrogens with zero attached hydrogens (tertiary/aromatic N) is 1. The predicted octanol–water partition coefficient (Wildman–Crippen LogP) is -1.12. The van der Waals surface area contributed by atoms with Gasteiger partial charge in [-0.05, 0) is 6.92 Å². The monoisotopic (exact) mass is 401 g/mol. The lowest BCUT2D eigenvalue weighted by Gasteiger charge is -2.12. The molecule has 5 N–H and O–H groups in total. The van der Waals surface area contributed by atoms with Gasteiger partial charge in [0.25, 0.3) is 18.3 Å². The topological polar surface area (TPSA) is 198 Å². The molecule has 1 aromatic rings. The number of ether oxygens (including phenoxy) is 1. The fourth-order valence-corrected chi connectivity index (χ4v) is 3.01. The number of aromatic amines is 1. The summed E-state index contributed by atoms with van der Waals surface area (Å²) < 4.78 is 36.7. The molecule has 0 aromatic carbocycles. The summed E-state index contributed by atoms with van der Waals surface area (Å²) in [6, 6.07) is 0. The van der Waals surface area contributed by atoms with Crippen LogP contribution < -0.4 is 11.2 Å². The Morgan fingerprint density at radius 2 is 1.92 bits per heavy atom. The third kappa shape index (κ3) is 5.61. The van der Waals surface area contributed by atoms with Gasteiger partial charge in [0.15, 0.2) is 0 Å². The van der Waals surface area contributed by atoms with E-state index in [-0.39, 0.29) is 12.0 Å². The Morgan fingerprint density at radius 1 is 1.28 bits per heavy atom. The van der Waals surface area contributed by atoms with Gasteiger partial charge in [0.2, 0.25) is 0 Å². The van der Waals surface area contributed by atoms with E-state index in [0.29, 0.717) is 6.61 Å². The smallest absolute Gasteiger partial charge is 0.308 e. The molecule has 0 saturated carbocycles. The minimum absolute atomic E-state index is 0.176. The molecule has 1 fully saturated rings. The van der Waals surface area contributed by atoms with Gasteiger partial charge in [-0.25, -0.2) is 13.9 Å². The van der Waals surface area contributed by atoms with E-state index in [1.54, 1.807) is 0 Å². The molecule has 25 heavy (non-hydrogen) atoms. The summed E-state index contributed by atoms with van der Waals surface area (Å²) in [4.78, 5) is 60.5. The number of hydrogen-bond acceptors (Lipinski definition) is 7. The van der Waals surface area contributed by atoms with Crippen molar-refractivity contribution in [2.24, 2.45) is 0 Å². The van der Waals surface area contributed by atoms with Gasteiger partial charge < -0.3 is 24.3 Å². The third-order valence-corrected chi connectivity index (χ3v) is 4.12. The molecule has 1 aliphatic heterocycles. The van der Waals surface area contributed by atoms with Gasteiger partial charge in [0.05, 0.1) is 0 Å². The van der Waals surface area contributed by atoms with Gasteiger partial charge in [0, 0.05) is 18.2 Å². The highest BCUT2D eigenvalue weighted by molar-refractivity contribution is 7.46. The Bertz CT molecular complexity index is 836. The summed E-state index contributed by atoms with van der Waals surface area (Å²) in [6.45, 7) is 1.96. The SMILES string of the molecule is Cc1cn([C@H]2C[C@H](OP(=O)(O)O)[C@@H]([CH+]OP(=O)(O)O)O2)c(=O)[nH]c1=O. The molecule has 1 aliphatic rings. The van der Waals surface area contributed by atoms with Crippen LogP contribution in [0.15, 0.2) is 15.8 Å². The molecule has 1 aromatic heterocycles. The van der Waals surface area contributed by atoms with Crippen LogP contribution in [0.25, 0.3) is 0 Å². The number of aryl methyl sites for hydroxylation is 1. The van der Waals surface area contributed by atoms with E-state index in [0.717, 1.165) is 4.57 Å². The van der Waals surface area contributed by atoms with E-state index in [1.165, 1.54) is 13.1 Å². The van der Waals surface area contributed by atoms with Crippen molar-refractivity contribution in [3.63, 3.8) is 0 Å². The van der Waals surface area contributed by atoms with Gasteiger partial charge >= 0.3 is 21.3 Å². The lowest BCUT2D eigenvalue weighted by atomic mass is 10.2. The van der Waals surface area contributed by atoms with E-state index in [2.05, 4.69) is 9.05 Å². The number of nitrogens with one attached hydrogen (secondary N) is 1. The maximum Gasteiger partial charge on any atom is 0.509 e. The molecule has 2 heterocycles. The van der Waals surface area contributed by atoms with Gasteiger partial charge in [-0.1, -0.05) is 4.52 Å². The van der Waals surface area contributed by atoms with E-state index < -0.39 is 45.3 Å². The van der Waals surface area contributed by atoms with Crippen LogP contribution in [0.1, 0.15) is 18.2 Å². The summed E-state index contributed by atoms with van der Waals surface area (Å²) in [5, 5.41) is 0. The number of H-pyrrole nitrogens is 1. The summed E-state index contributed by atoms with van der Waals surface area (Å²) >= 11 is 0. The second-order valence-corrected chi connectivity index (χ2v) is 7.52. The minimum atomic E-state index is -4.96. The molecule has 1 saturated heterocycles. The number of rotatable bonds is 6. The van der Waals surface area contributed by atoms with Crippen molar-refractivity contribution >= 4 is 15.6 Å². The fraction of sp³-hybridized carbons (Fsp3) is 0.500. The van der Waals surface area contributed by atoms with Crippen LogP contribution in [0, 0.1) is 13.5 Å². The zero-order valence-electron chi connectivity index (χ0n) is 12.6. The fourth-order valence-electron chi connectivity index (χ4n) is 2.17. The Morgan fingerprint density at radius 3 is 2.48 bits per heavy atom.